The van der Waals surface area contributed by atoms with Crippen LogP contribution in [0.2, 0.25) is 5.02 Å². The first-order chi connectivity index (χ1) is 11.1. The molecule has 1 saturated heterocycles. The molecule has 1 aliphatic carbocycles. The molecule has 1 aromatic carbocycles. The number of nitrogens with zero attached hydrogens (tertiary/aromatic N) is 1. The lowest BCUT2D eigenvalue weighted by Gasteiger charge is -2.48. The van der Waals surface area contributed by atoms with Gasteiger partial charge in [-0.3, -0.25) is 9.59 Å². The number of fused-ring (bicyclic) bond motifs is 3. The van der Waals surface area contributed by atoms with Gasteiger partial charge in [0.2, 0.25) is 5.91 Å². The lowest BCUT2D eigenvalue weighted by Crippen LogP contribution is -2.55. The van der Waals surface area contributed by atoms with Crippen molar-refractivity contribution in [1.29, 1.82) is 0 Å². The SMILES string of the molecule is O=C(O)[C@@H]1CCC[C@H](N2C(=O)C3COC3c3c(Cl)cccc32)C1. The first-order valence-corrected chi connectivity index (χ1v) is 8.41. The van der Waals surface area contributed by atoms with E-state index >= 15 is 0 Å². The van der Waals surface area contributed by atoms with Crippen molar-refractivity contribution in [3.8, 4) is 0 Å². The van der Waals surface area contributed by atoms with Gasteiger partial charge in [0.15, 0.2) is 0 Å². The number of hydrogen-bond donors (Lipinski definition) is 1. The summed E-state index contributed by atoms with van der Waals surface area (Å²) in [6, 6.07) is 5.46. The van der Waals surface area contributed by atoms with Crippen LogP contribution in [0.1, 0.15) is 37.4 Å². The van der Waals surface area contributed by atoms with Crippen LogP contribution in [0.15, 0.2) is 18.2 Å². The van der Waals surface area contributed by atoms with Gasteiger partial charge in [0.1, 0.15) is 0 Å². The molecule has 1 N–H and O–H groups in total. The number of halogens is 1. The van der Waals surface area contributed by atoms with Crippen molar-refractivity contribution in [2.24, 2.45) is 11.8 Å². The molecule has 2 fully saturated rings. The van der Waals surface area contributed by atoms with E-state index in [4.69, 9.17) is 16.3 Å². The summed E-state index contributed by atoms with van der Waals surface area (Å²) in [6.07, 6.45) is 2.60. The first kappa shape index (κ1) is 15.0. The van der Waals surface area contributed by atoms with Gasteiger partial charge >= 0.3 is 5.97 Å². The lowest BCUT2D eigenvalue weighted by atomic mass is 9.80. The van der Waals surface area contributed by atoms with Crippen LogP contribution in [0, 0.1) is 11.8 Å². The van der Waals surface area contributed by atoms with E-state index in [9.17, 15) is 14.7 Å². The molecular weight excluding hydrogens is 318 g/mol. The third-order valence-electron chi connectivity index (χ3n) is 5.31. The number of aliphatic carboxylic acids is 1. The Labute approximate surface area is 139 Å². The molecule has 1 aromatic rings. The van der Waals surface area contributed by atoms with Gasteiger partial charge in [0.05, 0.1) is 30.2 Å². The molecule has 0 spiro atoms. The van der Waals surface area contributed by atoms with Crippen LogP contribution >= 0.6 is 11.6 Å². The summed E-state index contributed by atoms with van der Waals surface area (Å²) < 4.78 is 5.58. The fourth-order valence-electron chi connectivity index (χ4n) is 4.09. The van der Waals surface area contributed by atoms with Crippen molar-refractivity contribution in [3.63, 3.8) is 0 Å². The Kier molecular flexibility index (Phi) is 3.58. The Morgan fingerprint density at radius 2 is 2.17 bits per heavy atom. The van der Waals surface area contributed by atoms with Crippen molar-refractivity contribution in [3.05, 3.63) is 28.8 Å². The number of benzene rings is 1. The first-order valence-electron chi connectivity index (χ1n) is 8.04. The summed E-state index contributed by atoms with van der Waals surface area (Å²) >= 11 is 6.36. The smallest absolute Gasteiger partial charge is 0.306 e. The van der Waals surface area contributed by atoms with Gasteiger partial charge in [0.25, 0.3) is 0 Å². The summed E-state index contributed by atoms with van der Waals surface area (Å²) in [6.45, 7) is 0.416. The van der Waals surface area contributed by atoms with Gasteiger partial charge in [-0.1, -0.05) is 24.1 Å². The van der Waals surface area contributed by atoms with E-state index in [1.54, 1.807) is 4.90 Å². The number of carboxylic acid groups (broad SMARTS) is 1. The van der Waals surface area contributed by atoms with Gasteiger partial charge in [-0.2, -0.15) is 0 Å². The fourth-order valence-corrected chi connectivity index (χ4v) is 4.37. The van der Waals surface area contributed by atoms with Crippen LogP contribution in [-0.4, -0.2) is 29.6 Å². The topological polar surface area (TPSA) is 66.8 Å². The zero-order valence-electron chi connectivity index (χ0n) is 12.6. The summed E-state index contributed by atoms with van der Waals surface area (Å²) in [5, 5.41) is 9.93. The molecule has 2 unspecified atom stereocenters. The highest BCUT2D eigenvalue weighted by molar-refractivity contribution is 6.32. The van der Waals surface area contributed by atoms with Crippen molar-refractivity contribution in [1.82, 2.24) is 0 Å². The monoisotopic (exact) mass is 335 g/mol. The molecule has 3 aliphatic rings. The number of carbonyl (C=O) groups excluding carboxylic acids is 1. The Hall–Kier alpha value is -1.59. The largest absolute Gasteiger partial charge is 0.481 e. The van der Waals surface area contributed by atoms with Gasteiger partial charge in [-0.25, -0.2) is 0 Å². The molecular formula is C17H18ClNO4. The van der Waals surface area contributed by atoms with Crippen molar-refractivity contribution in [2.75, 3.05) is 11.5 Å². The molecule has 4 atom stereocenters. The van der Waals surface area contributed by atoms with Crippen LogP contribution < -0.4 is 4.90 Å². The molecule has 0 radical (unpaired) electrons. The van der Waals surface area contributed by atoms with Gasteiger partial charge < -0.3 is 14.7 Å². The Morgan fingerprint density at radius 1 is 1.35 bits per heavy atom. The second kappa shape index (κ2) is 5.49. The Bertz CT molecular complexity index is 677. The Morgan fingerprint density at radius 3 is 2.87 bits per heavy atom. The lowest BCUT2D eigenvalue weighted by molar-refractivity contribution is -0.158. The second-order valence-electron chi connectivity index (χ2n) is 6.60. The minimum atomic E-state index is -0.768. The third kappa shape index (κ3) is 2.25. The highest BCUT2D eigenvalue weighted by atomic mass is 35.5. The maximum absolute atomic E-state index is 12.9. The van der Waals surface area contributed by atoms with Crippen LogP contribution in [0.25, 0.3) is 0 Å². The second-order valence-corrected chi connectivity index (χ2v) is 7.00. The van der Waals surface area contributed by atoms with Gasteiger partial charge in [0, 0.05) is 16.6 Å². The standard InChI is InChI=1S/C17H18ClNO4/c18-12-5-2-6-13-14(12)15-11(8-23-15)16(20)19(13)10-4-1-3-9(7-10)17(21)22/h2,5-6,9-11,15H,1,3-4,7-8H2,(H,21,22)/t9-,10+,11?,15?/m1/s1. The summed E-state index contributed by atoms with van der Waals surface area (Å²) in [7, 11) is 0. The van der Waals surface area contributed by atoms with E-state index < -0.39 is 5.97 Å². The number of amides is 1. The molecule has 122 valence electrons. The molecule has 1 amide bonds. The average Bonchev–Trinajstić information content (AvgIpc) is 2.49. The van der Waals surface area contributed by atoms with E-state index in [0.29, 0.717) is 24.5 Å². The van der Waals surface area contributed by atoms with Crippen LogP contribution in [0.5, 0.6) is 0 Å². The van der Waals surface area contributed by atoms with Crippen LogP contribution in [0.4, 0.5) is 5.69 Å². The summed E-state index contributed by atoms with van der Waals surface area (Å²) in [4.78, 5) is 26.0. The minimum absolute atomic E-state index is 0.0482. The highest BCUT2D eigenvalue weighted by Crippen LogP contribution is 2.50. The normalized spacial score (nSPS) is 32.7. The zero-order valence-corrected chi connectivity index (χ0v) is 13.3. The zero-order chi connectivity index (χ0) is 16.1. The maximum Gasteiger partial charge on any atom is 0.306 e. The predicted molar refractivity (Wildman–Crippen MR) is 84.5 cm³/mol. The maximum atomic E-state index is 12.9. The average molecular weight is 336 g/mol. The number of carboxylic acids is 1. The van der Waals surface area contributed by atoms with E-state index in [0.717, 1.165) is 24.1 Å². The molecule has 4 rings (SSSR count). The number of ether oxygens (including phenoxy) is 1. The minimum Gasteiger partial charge on any atom is -0.481 e. The number of anilines is 1. The fraction of sp³-hybridized carbons (Fsp3) is 0.529. The quantitative estimate of drug-likeness (QED) is 0.902. The summed E-state index contributed by atoms with van der Waals surface area (Å²) in [5.74, 6) is -1.28. The Balaban J connectivity index is 1.73. The van der Waals surface area contributed by atoms with E-state index in [2.05, 4.69) is 0 Å². The molecule has 0 aromatic heterocycles. The summed E-state index contributed by atoms with van der Waals surface area (Å²) in [5.41, 5.74) is 1.67. The molecule has 5 nitrogen and oxygen atoms in total. The molecule has 23 heavy (non-hydrogen) atoms. The van der Waals surface area contributed by atoms with Crippen LogP contribution in [-0.2, 0) is 14.3 Å². The number of carbonyl (C=O) groups is 2. The molecule has 0 bridgehead atoms. The van der Waals surface area contributed by atoms with Gasteiger partial charge in [-0.05, 0) is 31.4 Å². The number of rotatable bonds is 2. The van der Waals surface area contributed by atoms with Crippen molar-refractivity contribution in [2.45, 2.75) is 37.8 Å². The van der Waals surface area contributed by atoms with E-state index in [1.165, 1.54) is 0 Å². The molecule has 1 saturated carbocycles. The van der Waals surface area contributed by atoms with E-state index in [-0.39, 0.29) is 29.9 Å². The predicted octanol–water partition coefficient (Wildman–Crippen LogP) is 3.02. The molecule has 2 heterocycles. The van der Waals surface area contributed by atoms with E-state index in [1.807, 2.05) is 18.2 Å². The van der Waals surface area contributed by atoms with Crippen LogP contribution in [0.3, 0.4) is 0 Å². The molecule has 6 heteroatoms. The molecule has 2 aliphatic heterocycles. The number of hydrogen-bond acceptors (Lipinski definition) is 3. The van der Waals surface area contributed by atoms with Crippen molar-refractivity contribution < 1.29 is 19.4 Å². The third-order valence-corrected chi connectivity index (χ3v) is 5.64. The van der Waals surface area contributed by atoms with Crippen molar-refractivity contribution >= 4 is 29.2 Å². The highest BCUT2D eigenvalue weighted by Gasteiger charge is 2.50. The van der Waals surface area contributed by atoms with Gasteiger partial charge in [-0.15, -0.1) is 0 Å².